The molecule has 27 heavy (non-hydrogen) atoms. The number of methoxy groups -OCH3 is 1. The Bertz CT molecular complexity index is 614. The highest BCUT2D eigenvalue weighted by Gasteiger charge is 2.26. The van der Waals surface area contributed by atoms with Gasteiger partial charge in [0.25, 0.3) is 0 Å². The van der Waals surface area contributed by atoms with Gasteiger partial charge in [0.1, 0.15) is 11.9 Å². The van der Waals surface area contributed by atoms with E-state index < -0.39 is 0 Å². The van der Waals surface area contributed by atoms with Crippen LogP contribution in [0.15, 0.2) is 12.1 Å². The Balaban J connectivity index is 1.29. The number of aromatic nitrogens is 1. The van der Waals surface area contributed by atoms with Gasteiger partial charge >= 0.3 is 5.97 Å². The molecule has 1 fully saturated rings. The number of esters is 1. The molecule has 0 bridgehead atoms. The molecule has 2 aliphatic heterocycles. The molecule has 6 nitrogen and oxygen atoms in total. The molecule has 1 saturated heterocycles. The topological polar surface area (TPSA) is 66.5 Å². The monoisotopic (exact) mass is 374 g/mol. The SMILES string of the molecule is COC(=O)C(C)N1CCC(NCCCCc2ccc3c(n2)NCCC3)CC1. The van der Waals surface area contributed by atoms with E-state index in [9.17, 15) is 4.79 Å². The molecule has 2 aliphatic rings. The fraction of sp³-hybridized carbons (Fsp3) is 0.714. The quantitative estimate of drug-likeness (QED) is 0.538. The zero-order chi connectivity index (χ0) is 19.1. The molecule has 0 aliphatic carbocycles. The van der Waals surface area contributed by atoms with Gasteiger partial charge in [0, 0.05) is 31.4 Å². The van der Waals surface area contributed by atoms with Crippen molar-refractivity contribution in [3.05, 3.63) is 23.4 Å². The standard InChI is InChI=1S/C21H34N4O2/c1-16(21(26)27-2)25-14-10-18(11-15-25)22-12-4-3-7-19-9-8-17-6-5-13-23-20(17)24-19/h8-9,16,18,22H,3-7,10-15H2,1-2H3,(H,23,24). The number of nitrogens with zero attached hydrogens (tertiary/aromatic N) is 2. The van der Waals surface area contributed by atoms with E-state index in [1.54, 1.807) is 0 Å². The van der Waals surface area contributed by atoms with E-state index in [0.717, 1.165) is 64.1 Å². The molecule has 1 aromatic heterocycles. The fourth-order valence-corrected chi connectivity index (χ4v) is 4.06. The predicted octanol–water partition coefficient (Wildman–Crippen LogP) is 2.38. The molecule has 1 aromatic rings. The number of piperidine rings is 1. The predicted molar refractivity (Wildman–Crippen MR) is 108 cm³/mol. The van der Waals surface area contributed by atoms with Crippen LogP contribution in [-0.4, -0.2) is 61.2 Å². The molecule has 2 N–H and O–H groups in total. The molecule has 1 atom stereocenters. The van der Waals surface area contributed by atoms with Crippen LogP contribution in [0.5, 0.6) is 0 Å². The summed E-state index contributed by atoms with van der Waals surface area (Å²) in [5.41, 5.74) is 2.56. The molecule has 0 amide bonds. The first-order valence-corrected chi connectivity index (χ1v) is 10.5. The van der Waals surface area contributed by atoms with E-state index in [-0.39, 0.29) is 12.0 Å². The minimum atomic E-state index is -0.132. The second-order valence-electron chi connectivity index (χ2n) is 7.76. The normalized spacial score (nSPS) is 19.2. The van der Waals surface area contributed by atoms with Gasteiger partial charge < -0.3 is 15.4 Å². The maximum atomic E-state index is 11.6. The zero-order valence-electron chi connectivity index (χ0n) is 16.8. The van der Waals surface area contributed by atoms with Crippen molar-refractivity contribution in [2.75, 3.05) is 38.6 Å². The van der Waals surface area contributed by atoms with Crippen molar-refractivity contribution in [3.8, 4) is 0 Å². The highest BCUT2D eigenvalue weighted by molar-refractivity contribution is 5.75. The Morgan fingerprint density at radius 3 is 2.96 bits per heavy atom. The van der Waals surface area contributed by atoms with E-state index in [0.29, 0.717) is 6.04 Å². The smallest absolute Gasteiger partial charge is 0.322 e. The lowest BCUT2D eigenvalue weighted by Gasteiger charge is -2.35. The number of likely N-dealkylation sites (tertiary alicyclic amines) is 1. The average Bonchev–Trinajstić information content (AvgIpc) is 2.72. The first kappa shape index (κ1) is 20.1. The number of hydrogen-bond acceptors (Lipinski definition) is 6. The first-order valence-electron chi connectivity index (χ1n) is 10.5. The van der Waals surface area contributed by atoms with Crippen molar-refractivity contribution in [2.24, 2.45) is 0 Å². The largest absolute Gasteiger partial charge is 0.468 e. The molecule has 1 unspecified atom stereocenters. The molecule has 0 radical (unpaired) electrons. The molecular weight excluding hydrogens is 340 g/mol. The summed E-state index contributed by atoms with van der Waals surface area (Å²) in [6.07, 6.45) is 7.93. The summed E-state index contributed by atoms with van der Waals surface area (Å²) in [6.45, 7) is 5.95. The van der Waals surface area contributed by atoms with Crippen molar-refractivity contribution < 1.29 is 9.53 Å². The summed E-state index contributed by atoms with van der Waals surface area (Å²) in [5, 5.41) is 7.10. The summed E-state index contributed by atoms with van der Waals surface area (Å²) in [4.78, 5) is 18.6. The summed E-state index contributed by atoms with van der Waals surface area (Å²) in [7, 11) is 1.46. The molecule has 0 spiro atoms. The fourth-order valence-electron chi connectivity index (χ4n) is 4.06. The number of hydrogen-bond donors (Lipinski definition) is 2. The van der Waals surface area contributed by atoms with E-state index in [4.69, 9.17) is 9.72 Å². The minimum Gasteiger partial charge on any atom is -0.468 e. The van der Waals surface area contributed by atoms with Crippen LogP contribution >= 0.6 is 0 Å². The van der Waals surface area contributed by atoms with Gasteiger partial charge in [0.2, 0.25) is 0 Å². The lowest BCUT2D eigenvalue weighted by molar-refractivity contribution is -0.146. The molecule has 3 heterocycles. The van der Waals surface area contributed by atoms with Crippen LogP contribution in [0.25, 0.3) is 0 Å². The highest BCUT2D eigenvalue weighted by Crippen LogP contribution is 2.20. The lowest BCUT2D eigenvalue weighted by Crippen LogP contribution is -2.48. The molecule has 0 saturated carbocycles. The van der Waals surface area contributed by atoms with Crippen molar-refractivity contribution >= 4 is 11.8 Å². The van der Waals surface area contributed by atoms with Crippen molar-refractivity contribution in [3.63, 3.8) is 0 Å². The van der Waals surface area contributed by atoms with Gasteiger partial charge in [0.15, 0.2) is 0 Å². The van der Waals surface area contributed by atoms with Gasteiger partial charge in [-0.2, -0.15) is 0 Å². The van der Waals surface area contributed by atoms with E-state index in [1.807, 2.05) is 6.92 Å². The Labute approximate surface area is 163 Å². The number of ether oxygens (including phenoxy) is 1. The van der Waals surface area contributed by atoms with Crippen LogP contribution in [0.1, 0.15) is 50.3 Å². The number of nitrogens with one attached hydrogen (secondary N) is 2. The van der Waals surface area contributed by atoms with Gasteiger partial charge in [-0.1, -0.05) is 6.07 Å². The molecule has 6 heteroatoms. The third kappa shape index (κ3) is 5.66. The number of carbonyl (C=O) groups excluding carboxylic acids is 1. The number of rotatable bonds is 8. The van der Waals surface area contributed by atoms with Crippen LogP contribution < -0.4 is 10.6 Å². The van der Waals surface area contributed by atoms with Gasteiger partial charge in [-0.25, -0.2) is 4.98 Å². The third-order valence-corrected chi connectivity index (χ3v) is 5.86. The van der Waals surface area contributed by atoms with Crippen LogP contribution in [0.3, 0.4) is 0 Å². The third-order valence-electron chi connectivity index (χ3n) is 5.86. The minimum absolute atomic E-state index is 0.130. The Morgan fingerprint density at radius 1 is 1.37 bits per heavy atom. The lowest BCUT2D eigenvalue weighted by atomic mass is 10.0. The number of anilines is 1. The van der Waals surface area contributed by atoms with Crippen LogP contribution in [0, 0.1) is 0 Å². The van der Waals surface area contributed by atoms with Crippen molar-refractivity contribution in [1.82, 2.24) is 15.2 Å². The maximum Gasteiger partial charge on any atom is 0.322 e. The van der Waals surface area contributed by atoms with Crippen LogP contribution in [0.4, 0.5) is 5.82 Å². The Kier molecular flexibility index (Phi) is 7.47. The maximum absolute atomic E-state index is 11.6. The molecule has 0 aromatic carbocycles. The second kappa shape index (κ2) is 10.0. The van der Waals surface area contributed by atoms with Crippen LogP contribution in [-0.2, 0) is 22.4 Å². The first-order chi connectivity index (χ1) is 13.2. The van der Waals surface area contributed by atoms with E-state index in [1.165, 1.54) is 31.2 Å². The summed E-state index contributed by atoms with van der Waals surface area (Å²) < 4.78 is 4.85. The molecule has 150 valence electrons. The highest BCUT2D eigenvalue weighted by atomic mass is 16.5. The van der Waals surface area contributed by atoms with Gasteiger partial charge in [-0.15, -0.1) is 0 Å². The van der Waals surface area contributed by atoms with Crippen molar-refractivity contribution in [1.29, 1.82) is 0 Å². The summed E-state index contributed by atoms with van der Waals surface area (Å²) >= 11 is 0. The van der Waals surface area contributed by atoms with Gasteiger partial charge in [-0.3, -0.25) is 9.69 Å². The summed E-state index contributed by atoms with van der Waals surface area (Å²) in [5.74, 6) is 0.970. The zero-order valence-corrected chi connectivity index (χ0v) is 16.8. The number of carbonyl (C=O) groups is 1. The Hall–Kier alpha value is -1.66. The second-order valence-corrected chi connectivity index (χ2v) is 7.76. The van der Waals surface area contributed by atoms with Crippen molar-refractivity contribution in [2.45, 2.75) is 64.0 Å². The summed E-state index contributed by atoms with van der Waals surface area (Å²) in [6, 6.07) is 4.87. The number of aryl methyl sites for hydroxylation is 2. The average molecular weight is 375 g/mol. The van der Waals surface area contributed by atoms with E-state index in [2.05, 4.69) is 27.7 Å². The Morgan fingerprint density at radius 2 is 2.19 bits per heavy atom. The number of pyridine rings is 1. The van der Waals surface area contributed by atoms with Gasteiger partial charge in [0.05, 0.1) is 7.11 Å². The molecular formula is C21H34N4O2. The van der Waals surface area contributed by atoms with Crippen LogP contribution in [0.2, 0.25) is 0 Å². The number of unbranched alkanes of at least 4 members (excludes halogenated alkanes) is 1. The number of fused-ring (bicyclic) bond motifs is 1. The van der Waals surface area contributed by atoms with E-state index >= 15 is 0 Å². The molecule has 3 rings (SSSR count). The van der Waals surface area contributed by atoms with Gasteiger partial charge in [-0.05, 0) is 70.0 Å².